The van der Waals surface area contributed by atoms with E-state index >= 15 is 0 Å². The van der Waals surface area contributed by atoms with Gasteiger partial charge in [0.1, 0.15) is 0 Å². The van der Waals surface area contributed by atoms with Crippen LogP contribution in [0.25, 0.3) is 0 Å². The fourth-order valence-electron chi connectivity index (χ4n) is 3.65. The Morgan fingerprint density at radius 2 is 1.63 bits per heavy atom. The zero-order valence-corrected chi connectivity index (χ0v) is 13.3. The normalized spacial score (nSPS) is 30.4. The quantitative estimate of drug-likeness (QED) is 0.779. The molecule has 0 aromatic carbocycles. The number of nitrogens with zero attached hydrogens (tertiary/aromatic N) is 2. The molecule has 2 unspecified atom stereocenters. The Bertz CT molecular complexity index is 423. The molecule has 1 aromatic rings. The summed E-state index contributed by atoms with van der Waals surface area (Å²) in [5.74, 6) is 1.47. The van der Waals surface area contributed by atoms with Crippen LogP contribution < -0.4 is 0 Å². The summed E-state index contributed by atoms with van der Waals surface area (Å²) in [5, 5.41) is 0. The van der Waals surface area contributed by atoms with E-state index in [9.17, 15) is 0 Å². The molecule has 0 spiro atoms. The topological polar surface area (TPSA) is 25.8 Å². The highest BCUT2D eigenvalue weighted by atomic mass is 14.9. The second-order valence-electron chi connectivity index (χ2n) is 6.53. The highest BCUT2D eigenvalue weighted by Crippen LogP contribution is 2.60. The van der Waals surface area contributed by atoms with Crippen molar-refractivity contribution in [3.05, 3.63) is 23.8 Å². The predicted molar refractivity (Wildman–Crippen MR) is 80.3 cm³/mol. The average Bonchev–Trinajstić information content (AvgIpc) is 3.00. The maximum atomic E-state index is 4.78. The van der Waals surface area contributed by atoms with E-state index in [-0.39, 0.29) is 5.41 Å². The lowest BCUT2D eigenvalue weighted by atomic mass is 9.81. The van der Waals surface area contributed by atoms with Gasteiger partial charge in [0.25, 0.3) is 0 Å². The van der Waals surface area contributed by atoms with E-state index < -0.39 is 0 Å². The van der Waals surface area contributed by atoms with Crippen LogP contribution in [0.5, 0.6) is 0 Å². The third kappa shape index (κ3) is 2.00. The van der Waals surface area contributed by atoms with Crippen molar-refractivity contribution in [3.8, 4) is 0 Å². The van der Waals surface area contributed by atoms with Gasteiger partial charge in [0.05, 0.1) is 11.4 Å². The lowest BCUT2D eigenvalue weighted by molar-refractivity contribution is 0.422. The molecular formula is C17H28N2. The molecule has 0 saturated heterocycles. The molecule has 1 heterocycles. The lowest BCUT2D eigenvalue weighted by Crippen LogP contribution is -2.22. The number of aromatic nitrogens is 2. The molecule has 2 heteroatoms. The number of hydrogen-bond acceptors (Lipinski definition) is 2. The Morgan fingerprint density at radius 1 is 1.05 bits per heavy atom. The van der Waals surface area contributed by atoms with Crippen molar-refractivity contribution >= 4 is 0 Å². The molecule has 1 saturated carbocycles. The standard InChI is InChI=1S/C17H28N2/c1-7-16(6,8-2)14-10-19-15(11-18-14)17(9-3)12(4)13(17)5/h10-13H,7-9H2,1-6H3. The minimum atomic E-state index is 0.172. The molecule has 2 nitrogen and oxygen atoms in total. The van der Waals surface area contributed by atoms with Crippen molar-refractivity contribution in [3.63, 3.8) is 0 Å². The number of hydrogen-bond donors (Lipinski definition) is 0. The Morgan fingerprint density at radius 3 is 1.95 bits per heavy atom. The molecule has 2 atom stereocenters. The van der Waals surface area contributed by atoms with Crippen LogP contribution >= 0.6 is 0 Å². The monoisotopic (exact) mass is 260 g/mol. The van der Waals surface area contributed by atoms with Crippen molar-refractivity contribution in [1.82, 2.24) is 9.97 Å². The van der Waals surface area contributed by atoms with Crippen molar-refractivity contribution in [2.75, 3.05) is 0 Å². The maximum Gasteiger partial charge on any atom is 0.0654 e. The average molecular weight is 260 g/mol. The largest absolute Gasteiger partial charge is 0.257 e. The predicted octanol–water partition coefficient (Wildman–Crippen LogP) is 4.49. The van der Waals surface area contributed by atoms with Gasteiger partial charge in [-0.3, -0.25) is 9.97 Å². The molecule has 0 radical (unpaired) electrons. The first kappa shape index (κ1) is 14.5. The smallest absolute Gasteiger partial charge is 0.0654 e. The second-order valence-corrected chi connectivity index (χ2v) is 6.53. The summed E-state index contributed by atoms with van der Waals surface area (Å²) in [6.07, 6.45) is 7.47. The molecule has 1 fully saturated rings. The Labute approximate surface area is 118 Å². The molecule has 1 aromatic heterocycles. The molecule has 2 rings (SSSR count). The fraction of sp³-hybridized carbons (Fsp3) is 0.765. The maximum absolute atomic E-state index is 4.78. The zero-order chi connectivity index (χ0) is 14.3. The van der Waals surface area contributed by atoms with Crippen LogP contribution in [0.2, 0.25) is 0 Å². The molecule has 0 aliphatic heterocycles. The summed E-state index contributed by atoms with van der Waals surface area (Å²) in [7, 11) is 0. The highest BCUT2D eigenvalue weighted by molar-refractivity contribution is 5.29. The molecule has 19 heavy (non-hydrogen) atoms. The van der Waals surface area contributed by atoms with Crippen LogP contribution in [0, 0.1) is 11.8 Å². The van der Waals surface area contributed by atoms with E-state index in [4.69, 9.17) is 9.97 Å². The van der Waals surface area contributed by atoms with E-state index in [0.717, 1.165) is 30.4 Å². The molecule has 0 bridgehead atoms. The molecule has 0 N–H and O–H groups in total. The fourth-order valence-corrected chi connectivity index (χ4v) is 3.65. The molecular weight excluding hydrogens is 232 g/mol. The Kier molecular flexibility index (Phi) is 3.72. The van der Waals surface area contributed by atoms with Gasteiger partial charge < -0.3 is 0 Å². The van der Waals surface area contributed by atoms with Gasteiger partial charge in [-0.25, -0.2) is 0 Å². The SMILES string of the molecule is CCC(C)(CC)c1cnc(C2(CC)C(C)C2C)cn1. The van der Waals surface area contributed by atoms with Gasteiger partial charge in [0, 0.05) is 23.2 Å². The van der Waals surface area contributed by atoms with Gasteiger partial charge >= 0.3 is 0 Å². The minimum Gasteiger partial charge on any atom is -0.257 e. The minimum absolute atomic E-state index is 0.172. The van der Waals surface area contributed by atoms with E-state index in [1.54, 1.807) is 0 Å². The van der Waals surface area contributed by atoms with E-state index in [1.165, 1.54) is 12.1 Å². The number of rotatable bonds is 5. The van der Waals surface area contributed by atoms with Crippen LogP contribution in [0.1, 0.15) is 72.2 Å². The van der Waals surface area contributed by atoms with Crippen LogP contribution in [0.3, 0.4) is 0 Å². The Balaban J connectivity index is 2.30. The summed E-state index contributed by atoms with van der Waals surface area (Å²) in [5.41, 5.74) is 2.81. The third-order valence-corrected chi connectivity index (χ3v) is 6.16. The van der Waals surface area contributed by atoms with Gasteiger partial charge in [-0.1, -0.05) is 41.5 Å². The second kappa shape index (κ2) is 4.88. The van der Waals surface area contributed by atoms with Crippen molar-refractivity contribution < 1.29 is 0 Å². The zero-order valence-electron chi connectivity index (χ0n) is 13.3. The van der Waals surface area contributed by atoms with Crippen molar-refractivity contribution in [2.45, 2.75) is 71.6 Å². The summed E-state index contributed by atoms with van der Waals surface area (Å²) in [6, 6.07) is 0. The summed E-state index contributed by atoms with van der Waals surface area (Å²) >= 11 is 0. The first-order valence-corrected chi connectivity index (χ1v) is 7.79. The van der Waals surface area contributed by atoms with Crippen LogP contribution in [0.4, 0.5) is 0 Å². The first-order valence-electron chi connectivity index (χ1n) is 7.79. The summed E-state index contributed by atoms with van der Waals surface area (Å²) in [4.78, 5) is 9.54. The van der Waals surface area contributed by atoms with E-state index in [1.807, 2.05) is 12.4 Å². The van der Waals surface area contributed by atoms with E-state index in [0.29, 0.717) is 5.41 Å². The molecule has 1 aliphatic carbocycles. The third-order valence-electron chi connectivity index (χ3n) is 6.16. The lowest BCUT2D eigenvalue weighted by Gasteiger charge is -2.26. The van der Waals surface area contributed by atoms with E-state index in [2.05, 4.69) is 41.5 Å². The van der Waals surface area contributed by atoms with Gasteiger partial charge in [-0.05, 0) is 31.1 Å². The van der Waals surface area contributed by atoms with Crippen molar-refractivity contribution in [1.29, 1.82) is 0 Å². The van der Waals surface area contributed by atoms with Crippen LogP contribution in [-0.2, 0) is 10.8 Å². The van der Waals surface area contributed by atoms with Crippen molar-refractivity contribution in [2.24, 2.45) is 11.8 Å². The van der Waals surface area contributed by atoms with Crippen LogP contribution in [0.15, 0.2) is 12.4 Å². The molecule has 1 aliphatic rings. The first-order chi connectivity index (χ1) is 8.96. The van der Waals surface area contributed by atoms with Gasteiger partial charge in [-0.15, -0.1) is 0 Å². The van der Waals surface area contributed by atoms with Gasteiger partial charge in [-0.2, -0.15) is 0 Å². The van der Waals surface area contributed by atoms with Gasteiger partial charge in [0.15, 0.2) is 0 Å². The molecule has 106 valence electrons. The summed E-state index contributed by atoms with van der Waals surface area (Å²) in [6.45, 7) is 13.7. The van der Waals surface area contributed by atoms with Crippen LogP contribution in [-0.4, -0.2) is 9.97 Å². The van der Waals surface area contributed by atoms with Gasteiger partial charge in [0.2, 0.25) is 0 Å². The highest BCUT2D eigenvalue weighted by Gasteiger charge is 2.59. The Hall–Kier alpha value is -0.920. The summed E-state index contributed by atoms with van der Waals surface area (Å²) < 4.78 is 0. The molecule has 0 amide bonds.